The molecule has 1 aliphatic rings. The highest BCUT2D eigenvalue weighted by Crippen LogP contribution is 2.39. The number of carbonyl (C=O) groups is 2. The average molecular weight is 276 g/mol. The maximum Gasteiger partial charge on any atom is 0.320 e. The molecule has 0 radical (unpaired) electrons. The molecule has 0 saturated heterocycles. The van der Waals surface area contributed by atoms with Crippen LogP contribution >= 0.6 is 0 Å². The highest BCUT2D eigenvalue weighted by Gasteiger charge is 2.49. The fourth-order valence-electron chi connectivity index (χ4n) is 2.33. The molecular weight excluding hydrogens is 252 g/mol. The number of ether oxygens (including phenoxy) is 1. The average Bonchev–Trinajstić information content (AvgIpc) is 2.82. The summed E-state index contributed by atoms with van der Waals surface area (Å²) < 4.78 is 5.24. The van der Waals surface area contributed by atoms with Crippen molar-refractivity contribution in [3.63, 3.8) is 0 Å². The number of allylic oxidation sites excluding steroid dienone is 1. The minimum Gasteiger partial charge on any atom is -0.461 e. The molecule has 0 spiro atoms. The quantitative estimate of drug-likeness (QED) is 0.323. The van der Waals surface area contributed by atoms with Gasteiger partial charge in [0.2, 0.25) is 0 Å². The van der Waals surface area contributed by atoms with Crippen LogP contribution in [0.15, 0.2) is 12.2 Å². The molecule has 1 rings (SSSR count). The van der Waals surface area contributed by atoms with E-state index in [1.54, 1.807) is 0 Å². The van der Waals surface area contributed by atoms with Crippen molar-refractivity contribution in [2.24, 2.45) is 5.41 Å². The molecule has 0 heterocycles. The molecule has 0 aromatic rings. The molecular formula is C17H24O3. The van der Waals surface area contributed by atoms with Crippen LogP contribution in [0.5, 0.6) is 0 Å². The Morgan fingerprint density at radius 1 is 1.35 bits per heavy atom. The predicted molar refractivity (Wildman–Crippen MR) is 79.0 cm³/mol. The Morgan fingerprint density at radius 3 is 2.75 bits per heavy atom. The van der Waals surface area contributed by atoms with E-state index in [4.69, 9.17) is 4.74 Å². The Hall–Kier alpha value is -1.56. The second-order valence-corrected chi connectivity index (χ2v) is 5.12. The summed E-state index contributed by atoms with van der Waals surface area (Å²) >= 11 is 0. The second kappa shape index (κ2) is 8.58. The third-order valence-electron chi connectivity index (χ3n) is 3.54. The summed E-state index contributed by atoms with van der Waals surface area (Å²) in [6.45, 7) is 4.31. The normalized spacial score (nSPS) is 21.8. The van der Waals surface area contributed by atoms with Crippen molar-refractivity contribution >= 4 is 11.8 Å². The number of rotatable bonds is 6. The SMILES string of the molecule is CCC=CCOC(=O)C1(CC#CCCC)CCCC1=O. The van der Waals surface area contributed by atoms with Gasteiger partial charge in [0.1, 0.15) is 12.0 Å². The molecule has 1 aliphatic carbocycles. The monoisotopic (exact) mass is 276 g/mol. The Kier molecular flexibility index (Phi) is 7.08. The van der Waals surface area contributed by atoms with Crippen LogP contribution < -0.4 is 0 Å². The van der Waals surface area contributed by atoms with E-state index in [0.717, 1.165) is 25.7 Å². The first-order valence-corrected chi connectivity index (χ1v) is 7.48. The van der Waals surface area contributed by atoms with Crippen LogP contribution in [0.2, 0.25) is 0 Å². The lowest BCUT2D eigenvalue weighted by atomic mass is 9.82. The highest BCUT2D eigenvalue weighted by molar-refractivity contribution is 6.05. The van der Waals surface area contributed by atoms with Gasteiger partial charge in [-0.05, 0) is 25.7 Å². The Balaban J connectivity index is 2.69. The van der Waals surface area contributed by atoms with Crippen LogP contribution in [0.3, 0.4) is 0 Å². The van der Waals surface area contributed by atoms with E-state index in [0.29, 0.717) is 19.3 Å². The lowest BCUT2D eigenvalue weighted by Crippen LogP contribution is -2.36. The molecule has 1 unspecified atom stereocenters. The van der Waals surface area contributed by atoms with E-state index in [1.807, 2.05) is 19.1 Å². The van der Waals surface area contributed by atoms with Gasteiger partial charge in [-0.1, -0.05) is 26.0 Å². The molecule has 0 aromatic heterocycles. The van der Waals surface area contributed by atoms with Gasteiger partial charge in [0.05, 0.1) is 0 Å². The minimum atomic E-state index is -0.999. The molecule has 1 fully saturated rings. The Labute approximate surface area is 121 Å². The molecule has 0 bridgehead atoms. The van der Waals surface area contributed by atoms with Gasteiger partial charge in [-0.3, -0.25) is 9.59 Å². The minimum absolute atomic E-state index is 0.00669. The van der Waals surface area contributed by atoms with Gasteiger partial charge in [0, 0.05) is 19.3 Å². The molecule has 3 heteroatoms. The van der Waals surface area contributed by atoms with Gasteiger partial charge in [-0.15, -0.1) is 11.8 Å². The molecule has 0 N–H and O–H groups in total. The first kappa shape index (κ1) is 16.5. The summed E-state index contributed by atoms with van der Waals surface area (Å²) in [6, 6.07) is 0. The molecule has 0 aliphatic heterocycles. The molecule has 3 nitrogen and oxygen atoms in total. The Morgan fingerprint density at radius 2 is 2.15 bits per heavy atom. The number of unbranched alkanes of at least 4 members (excludes halogenated alkanes) is 1. The summed E-state index contributed by atoms with van der Waals surface area (Å²) in [4.78, 5) is 24.4. The smallest absolute Gasteiger partial charge is 0.320 e. The number of esters is 1. The molecule has 110 valence electrons. The first-order valence-electron chi connectivity index (χ1n) is 7.48. The zero-order valence-electron chi connectivity index (χ0n) is 12.5. The third-order valence-corrected chi connectivity index (χ3v) is 3.54. The fourth-order valence-corrected chi connectivity index (χ4v) is 2.33. The van der Waals surface area contributed by atoms with Gasteiger partial charge >= 0.3 is 5.97 Å². The standard InChI is InChI=1S/C17H24O3/c1-3-5-7-8-12-17(13-10-11-15(17)18)16(19)20-14-9-6-4-2/h6,9H,3-5,10-14H2,1-2H3. The van der Waals surface area contributed by atoms with Crippen LogP contribution in [0.1, 0.15) is 58.8 Å². The lowest BCUT2D eigenvalue weighted by Gasteiger charge is -2.22. The Bertz CT molecular complexity index is 425. The summed E-state index contributed by atoms with van der Waals surface area (Å²) in [7, 11) is 0. The molecule has 0 aromatic carbocycles. The largest absolute Gasteiger partial charge is 0.461 e. The molecule has 1 saturated carbocycles. The van der Waals surface area contributed by atoms with Gasteiger partial charge in [0.15, 0.2) is 5.78 Å². The van der Waals surface area contributed by atoms with Crippen molar-refractivity contribution in [2.45, 2.75) is 58.8 Å². The number of Topliss-reactive ketones (excluding diaryl/α,β-unsaturated/α-hetero) is 1. The first-order chi connectivity index (χ1) is 9.67. The van der Waals surface area contributed by atoms with Crippen molar-refractivity contribution in [3.8, 4) is 11.8 Å². The van der Waals surface area contributed by atoms with Crippen molar-refractivity contribution in [3.05, 3.63) is 12.2 Å². The van der Waals surface area contributed by atoms with Crippen molar-refractivity contribution in [2.75, 3.05) is 6.61 Å². The van der Waals surface area contributed by atoms with E-state index < -0.39 is 11.4 Å². The van der Waals surface area contributed by atoms with Crippen molar-refractivity contribution in [1.29, 1.82) is 0 Å². The third kappa shape index (κ3) is 4.23. The second-order valence-electron chi connectivity index (χ2n) is 5.12. The summed E-state index contributed by atoms with van der Waals surface area (Å²) in [5.74, 6) is 5.60. The zero-order valence-corrected chi connectivity index (χ0v) is 12.5. The van der Waals surface area contributed by atoms with E-state index in [9.17, 15) is 9.59 Å². The van der Waals surface area contributed by atoms with E-state index >= 15 is 0 Å². The predicted octanol–water partition coefficient (Wildman–Crippen LogP) is 3.43. The van der Waals surface area contributed by atoms with Crippen LogP contribution in [0.4, 0.5) is 0 Å². The van der Waals surface area contributed by atoms with Gasteiger partial charge in [-0.2, -0.15) is 0 Å². The van der Waals surface area contributed by atoms with Crippen LogP contribution in [-0.4, -0.2) is 18.4 Å². The van der Waals surface area contributed by atoms with Crippen LogP contribution in [0.25, 0.3) is 0 Å². The number of ketones is 1. The number of carbonyl (C=O) groups excluding carboxylic acids is 2. The number of hydrogen-bond acceptors (Lipinski definition) is 3. The maximum absolute atomic E-state index is 12.3. The molecule has 1 atom stereocenters. The zero-order chi connectivity index (χ0) is 14.8. The van der Waals surface area contributed by atoms with Crippen LogP contribution in [-0.2, 0) is 14.3 Å². The van der Waals surface area contributed by atoms with Gasteiger partial charge < -0.3 is 4.74 Å². The number of hydrogen-bond donors (Lipinski definition) is 0. The molecule has 20 heavy (non-hydrogen) atoms. The topological polar surface area (TPSA) is 43.4 Å². The van der Waals surface area contributed by atoms with Gasteiger partial charge in [0.25, 0.3) is 0 Å². The van der Waals surface area contributed by atoms with E-state index in [-0.39, 0.29) is 12.4 Å². The van der Waals surface area contributed by atoms with Crippen molar-refractivity contribution in [1.82, 2.24) is 0 Å². The summed E-state index contributed by atoms with van der Waals surface area (Å²) in [5, 5.41) is 0. The summed E-state index contributed by atoms with van der Waals surface area (Å²) in [5.41, 5.74) is -0.999. The van der Waals surface area contributed by atoms with E-state index in [2.05, 4.69) is 18.8 Å². The van der Waals surface area contributed by atoms with E-state index in [1.165, 1.54) is 0 Å². The van der Waals surface area contributed by atoms with Gasteiger partial charge in [-0.25, -0.2) is 0 Å². The van der Waals surface area contributed by atoms with Crippen molar-refractivity contribution < 1.29 is 14.3 Å². The highest BCUT2D eigenvalue weighted by atomic mass is 16.5. The summed E-state index contributed by atoms with van der Waals surface area (Å²) in [6.07, 6.45) is 8.56. The van der Waals surface area contributed by atoms with Crippen LogP contribution in [0, 0.1) is 17.3 Å². The fraction of sp³-hybridized carbons (Fsp3) is 0.647. The molecule has 0 amide bonds. The lowest BCUT2D eigenvalue weighted by molar-refractivity contribution is -0.157. The maximum atomic E-state index is 12.3.